The number of nitrogens with one attached hydrogen (secondary N) is 1. The van der Waals surface area contributed by atoms with E-state index >= 15 is 0 Å². The summed E-state index contributed by atoms with van der Waals surface area (Å²) in [6.45, 7) is 4.65. The van der Waals surface area contributed by atoms with E-state index in [1.54, 1.807) is 0 Å². The van der Waals surface area contributed by atoms with Gasteiger partial charge in [0.15, 0.2) is 0 Å². The van der Waals surface area contributed by atoms with Gasteiger partial charge in [0.25, 0.3) is 0 Å². The third-order valence-electron chi connectivity index (χ3n) is 3.85. The van der Waals surface area contributed by atoms with E-state index in [0.717, 1.165) is 33.6 Å². The van der Waals surface area contributed by atoms with Crippen molar-refractivity contribution < 1.29 is 9.84 Å². The summed E-state index contributed by atoms with van der Waals surface area (Å²) < 4.78 is 5.63. The van der Waals surface area contributed by atoms with Crippen LogP contribution in [0, 0.1) is 13.8 Å². The van der Waals surface area contributed by atoms with E-state index in [-0.39, 0.29) is 6.61 Å². The maximum absolute atomic E-state index is 10.1. The molecular weight excluding hydrogens is 300 g/mol. The molecule has 0 radical (unpaired) electrons. The Bertz CT molecular complexity index is 833. The molecule has 3 rings (SSSR count). The number of pyridine rings is 1. The van der Waals surface area contributed by atoms with Crippen LogP contribution < -0.4 is 10.1 Å². The zero-order chi connectivity index (χ0) is 16.9. The van der Waals surface area contributed by atoms with Gasteiger partial charge < -0.3 is 15.2 Å². The number of hydrogen-bond donors (Lipinski definition) is 2. The summed E-state index contributed by atoms with van der Waals surface area (Å²) in [5.74, 6) is 1.57. The van der Waals surface area contributed by atoms with E-state index in [4.69, 9.17) is 4.74 Å². The Morgan fingerprint density at radius 2 is 1.92 bits per heavy atom. The monoisotopic (exact) mass is 322 g/mol. The quantitative estimate of drug-likeness (QED) is 0.726. The Hall–Kier alpha value is -2.59. The molecule has 1 heterocycles. The Kier molecular flexibility index (Phi) is 4.96. The van der Waals surface area contributed by atoms with Crippen LogP contribution in [0.4, 0.5) is 5.82 Å². The first-order valence-corrected chi connectivity index (χ1v) is 8.09. The SMILES string of the molecule is Cc1cccc(OCC(O)CNc2nc3ccccc3cc2C)c1. The number of nitrogens with zero attached hydrogens (tertiary/aromatic N) is 1. The van der Waals surface area contributed by atoms with Crippen LogP contribution in [0.2, 0.25) is 0 Å². The zero-order valence-electron chi connectivity index (χ0n) is 14.0. The van der Waals surface area contributed by atoms with Gasteiger partial charge in [-0.2, -0.15) is 0 Å². The highest BCUT2D eigenvalue weighted by Crippen LogP contribution is 2.19. The molecule has 124 valence electrons. The number of aliphatic hydroxyl groups excluding tert-OH is 1. The van der Waals surface area contributed by atoms with Gasteiger partial charge >= 0.3 is 0 Å². The first-order chi connectivity index (χ1) is 11.6. The van der Waals surface area contributed by atoms with Gasteiger partial charge in [0.05, 0.1) is 5.52 Å². The van der Waals surface area contributed by atoms with Crippen molar-refractivity contribution >= 4 is 16.7 Å². The van der Waals surface area contributed by atoms with Gasteiger partial charge in [0, 0.05) is 11.9 Å². The van der Waals surface area contributed by atoms with Gasteiger partial charge in [-0.15, -0.1) is 0 Å². The maximum atomic E-state index is 10.1. The largest absolute Gasteiger partial charge is 0.491 e. The van der Waals surface area contributed by atoms with Crippen molar-refractivity contribution in [3.63, 3.8) is 0 Å². The van der Waals surface area contributed by atoms with Crippen LogP contribution >= 0.6 is 0 Å². The molecule has 3 aromatic rings. The lowest BCUT2D eigenvalue weighted by molar-refractivity contribution is 0.117. The molecule has 4 heteroatoms. The summed E-state index contributed by atoms with van der Waals surface area (Å²) in [7, 11) is 0. The Morgan fingerprint density at radius 1 is 1.08 bits per heavy atom. The van der Waals surface area contributed by atoms with E-state index in [0.29, 0.717) is 6.54 Å². The molecular formula is C20H22N2O2. The second-order valence-corrected chi connectivity index (χ2v) is 6.01. The van der Waals surface area contributed by atoms with Crippen LogP contribution in [0.3, 0.4) is 0 Å². The molecule has 0 saturated carbocycles. The highest BCUT2D eigenvalue weighted by Gasteiger charge is 2.08. The van der Waals surface area contributed by atoms with Crippen molar-refractivity contribution in [1.82, 2.24) is 4.98 Å². The van der Waals surface area contributed by atoms with Gasteiger partial charge in [-0.3, -0.25) is 0 Å². The highest BCUT2D eigenvalue weighted by molar-refractivity contribution is 5.81. The average Bonchev–Trinajstić information content (AvgIpc) is 2.58. The van der Waals surface area contributed by atoms with Gasteiger partial charge in [0.2, 0.25) is 0 Å². The maximum Gasteiger partial charge on any atom is 0.129 e. The summed E-state index contributed by atoms with van der Waals surface area (Å²) in [4.78, 5) is 4.61. The number of benzene rings is 2. The Balaban J connectivity index is 1.58. The topological polar surface area (TPSA) is 54.4 Å². The molecule has 24 heavy (non-hydrogen) atoms. The molecule has 1 unspecified atom stereocenters. The van der Waals surface area contributed by atoms with Crippen molar-refractivity contribution in [2.75, 3.05) is 18.5 Å². The second kappa shape index (κ2) is 7.32. The number of anilines is 1. The molecule has 1 aromatic heterocycles. The number of fused-ring (bicyclic) bond motifs is 1. The van der Waals surface area contributed by atoms with Crippen molar-refractivity contribution in [1.29, 1.82) is 0 Å². The Labute approximate surface area is 142 Å². The van der Waals surface area contributed by atoms with Crippen molar-refractivity contribution in [3.8, 4) is 5.75 Å². The minimum Gasteiger partial charge on any atom is -0.491 e. The predicted octanol–water partition coefficient (Wildman–Crippen LogP) is 3.70. The minimum atomic E-state index is -0.613. The second-order valence-electron chi connectivity index (χ2n) is 6.01. The molecule has 0 amide bonds. The molecule has 0 saturated heterocycles. The van der Waals surface area contributed by atoms with Gasteiger partial charge in [-0.25, -0.2) is 4.98 Å². The minimum absolute atomic E-state index is 0.239. The molecule has 2 aromatic carbocycles. The van der Waals surface area contributed by atoms with Crippen LogP contribution in [0.5, 0.6) is 5.75 Å². The molecule has 0 aliphatic rings. The van der Waals surface area contributed by atoms with Crippen LogP contribution in [0.15, 0.2) is 54.6 Å². The van der Waals surface area contributed by atoms with E-state index in [9.17, 15) is 5.11 Å². The lowest BCUT2D eigenvalue weighted by Gasteiger charge is -2.15. The molecule has 0 aliphatic carbocycles. The van der Waals surface area contributed by atoms with Gasteiger partial charge in [-0.05, 0) is 49.2 Å². The summed E-state index contributed by atoms with van der Waals surface area (Å²) in [5.41, 5.74) is 3.13. The van der Waals surface area contributed by atoms with Crippen molar-refractivity contribution in [3.05, 3.63) is 65.7 Å². The molecule has 0 aliphatic heterocycles. The van der Waals surface area contributed by atoms with E-state index in [1.165, 1.54) is 0 Å². The van der Waals surface area contributed by atoms with Gasteiger partial charge in [0.1, 0.15) is 24.3 Å². The van der Waals surface area contributed by atoms with E-state index in [1.807, 2.05) is 62.4 Å². The molecule has 0 bridgehead atoms. The summed E-state index contributed by atoms with van der Waals surface area (Å²) in [6, 6.07) is 17.9. The number of hydrogen-bond acceptors (Lipinski definition) is 4. The fourth-order valence-corrected chi connectivity index (χ4v) is 2.57. The lowest BCUT2D eigenvalue weighted by atomic mass is 10.1. The number of ether oxygens (including phenoxy) is 1. The smallest absolute Gasteiger partial charge is 0.129 e. The van der Waals surface area contributed by atoms with Crippen LogP contribution in [0.25, 0.3) is 10.9 Å². The fraction of sp³-hybridized carbons (Fsp3) is 0.250. The van der Waals surface area contributed by atoms with Crippen molar-refractivity contribution in [2.45, 2.75) is 20.0 Å². The number of para-hydroxylation sites is 1. The molecule has 1 atom stereocenters. The van der Waals surface area contributed by atoms with Crippen LogP contribution in [0.1, 0.15) is 11.1 Å². The van der Waals surface area contributed by atoms with Crippen LogP contribution in [-0.2, 0) is 0 Å². The first kappa shape index (κ1) is 16.3. The average molecular weight is 322 g/mol. The third kappa shape index (κ3) is 4.03. The van der Waals surface area contributed by atoms with E-state index < -0.39 is 6.10 Å². The zero-order valence-corrected chi connectivity index (χ0v) is 14.0. The van der Waals surface area contributed by atoms with Crippen molar-refractivity contribution in [2.24, 2.45) is 0 Å². The number of rotatable bonds is 6. The first-order valence-electron chi connectivity index (χ1n) is 8.09. The molecule has 4 nitrogen and oxygen atoms in total. The standard InChI is InChI=1S/C20H22N2O2/c1-14-6-5-8-18(10-14)24-13-17(23)12-21-20-15(2)11-16-7-3-4-9-19(16)22-20/h3-11,17,23H,12-13H2,1-2H3,(H,21,22). The number of aliphatic hydroxyl groups is 1. The van der Waals surface area contributed by atoms with E-state index in [2.05, 4.69) is 16.4 Å². The fourth-order valence-electron chi connectivity index (χ4n) is 2.57. The summed E-state index contributed by atoms with van der Waals surface area (Å²) in [5, 5.41) is 14.5. The highest BCUT2D eigenvalue weighted by atomic mass is 16.5. The number of aromatic nitrogens is 1. The van der Waals surface area contributed by atoms with Gasteiger partial charge in [-0.1, -0.05) is 30.3 Å². The third-order valence-corrected chi connectivity index (χ3v) is 3.85. The summed E-state index contributed by atoms with van der Waals surface area (Å²) in [6.07, 6.45) is -0.613. The molecule has 2 N–H and O–H groups in total. The summed E-state index contributed by atoms with van der Waals surface area (Å²) >= 11 is 0. The lowest BCUT2D eigenvalue weighted by Crippen LogP contribution is -2.26. The predicted molar refractivity (Wildman–Crippen MR) is 97.7 cm³/mol. The molecule has 0 fully saturated rings. The Morgan fingerprint density at radius 3 is 2.75 bits per heavy atom. The van der Waals surface area contributed by atoms with Crippen LogP contribution in [-0.4, -0.2) is 29.3 Å². The normalized spacial score (nSPS) is 12.1. The number of aryl methyl sites for hydroxylation is 2. The molecule has 0 spiro atoms.